The Morgan fingerprint density at radius 2 is 2.00 bits per heavy atom. The highest BCUT2D eigenvalue weighted by molar-refractivity contribution is 5.78. The summed E-state index contributed by atoms with van der Waals surface area (Å²) in [6.45, 7) is 6.46. The van der Waals surface area contributed by atoms with Crippen molar-refractivity contribution in [3.63, 3.8) is 0 Å². The number of oxazole rings is 1. The van der Waals surface area contributed by atoms with Crippen molar-refractivity contribution in [3.8, 4) is 0 Å². The van der Waals surface area contributed by atoms with Gasteiger partial charge in [0, 0.05) is 13.5 Å². The monoisotopic (exact) mass is 414 g/mol. The van der Waals surface area contributed by atoms with Crippen LogP contribution in [0.1, 0.15) is 57.1 Å². The molecule has 6 nitrogen and oxygen atoms in total. The normalized spacial score (nSPS) is 20.3. The van der Waals surface area contributed by atoms with Crippen molar-refractivity contribution >= 4 is 17.2 Å². The maximum atomic E-state index is 13.6. The standard InChI is InChI=1S/C20H25F3N2O4/c1-11-24-14-9-12(8-13(17(14)28-11)20(21,22)23)10-25(15-6-5-7-16(15)26)18(27)29-19(2,3)4/h8-9,15-16,26H,5-7,10H2,1-4H3/t15-,16-/m0/s1. The Hall–Kier alpha value is -2.29. The van der Waals surface area contributed by atoms with E-state index in [-0.39, 0.29) is 29.1 Å². The average Bonchev–Trinajstić information content (AvgIpc) is 3.13. The third-order valence-electron chi connectivity index (χ3n) is 4.79. The van der Waals surface area contributed by atoms with Gasteiger partial charge in [-0.2, -0.15) is 13.2 Å². The summed E-state index contributed by atoms with van der Waals surface area (Å²) >= 11 is 0. The smallest absolute Gasteiger partial charge is 0.420 e. The van der Waals surface area contributed by atoms with Crippen LogP contribution >= 0.6 is 0 Å². The Morgan fingerprint density at radius 3 is 2.55 bits per heavy atom. The highest BCUT2D eigenvalue weighted by Gasteiger charge is 2.38. The number of benzene rings is 1. The molecule has 160 valence electrons. The van der Waals surface area contributed by atoms with E-state index < -0.39 is 35.6 Å². The number of rotatable bonds is 3. The number of aromatic nitrogens is 1. The lowest BCUT2D eigenvalue weighted by Gasteiger charge is -2.33. The van der Waals surface area contributed by atoms with Crippen molar-refractivity contribution in [2.45, 2.75) is 77.4 Å². The van der Waals surface area contributed by atoms with Crippen LogP contribution in [0.2, 0.25) is 0 Å². The minimum atomic E-state index is -4.64. The van der Waals surface area contributed by atoms with E-state index in [2.05, 4.69) is 4.98 Å². The van der Waals surface area contributed by atoms with Gasteiger partial charge in [-0.05, 0) is 57.7 Å². The molecular formula is C20H25F3N2O4. The zero-order valence-electron chi connectivity index (χ0n) is 16.8. The number of aliphatic hydroxyl groups is 1. The summed E-state index contributed by atoms with van der Waals surface area (Å²) in [6.07, 6.45) is -4.25. The molecule has 0 unspecified atom stereocenters. The number of aryl methyl sites for hydroxylation is 1. The first-order valence-electron chi connectivity index (χ1n) is 9.50. The first kappa shape index (κ1) is 21.4. The van der Waals surface area contributed by atoms with Crippen LogP contribution in [0.15, 0.2) is 16.5 Å². The fourth-order valence-electron chi connectivity index (χ4n) is 3.62. The number of nitrogens with zero attached hydrogens (tertiary/aromatic N) is 2. The Bertz CT molecular complexity index is 901. The summed E-state index contributed by atoms with van der Waals surface area (Å²) in [7, 11) is 0. The van der Waals surface area contributed by atoms with E-state index in [0.717, 1.165) is 12.5 Å². The molecule has 1 aromatic heterocycles. The molecule has 0 spiro atoms. The number of fused-ring (bicyclic) bond motifs is 1. The maximum Gasteiger partial charge on any atom is 0.420 e. The van der Waals surface area contributed by atoms with Crippen molar-refractivity contribution in [1.29, 1.82) is 0 Å². The predicted molar refractivity (Wildman–Crippen MR) is 99.2 cm³/mol. The molecule has 1 amide bonds. The molecule has 1 fully saturated rings. The second-order valence-electron chi connectivity index (χ2n) is 8.40. The van der Waals surface area contributed by atoms with Gasteiger partial charge in [-0.1, -0.05) is 0 Å². The molecule has 29 heavy (non-hydrogen) atoms. The van der Waals surface area contributed by atoms with E-state index in [4.69, 9.17) is 9.15 Å². The number of hydrogen-bond donors (Lipinski definition) is 1. The summed E-state index contributed by atoms with van der Waals surface area (Å²) in [4.78, 5) is 18.1. The van der Waals surface area contributed by atoms with Gasteiger partial charge in [0.15, 0.2) is 11.5 Å². The quantitative estimate of drug-likeness (QED) is 0.780. The Labute approximate surface area is 166 Å². The van der Waals surface area contributed by atoms with Gasteiger partial charge >= 0.3 is 12.3 Å². The number of amides is 1. The summed E-state index contributed by atoms with van der Waals surface area (Å²) < 4.78 is 51.2. The van der Waals surface area contributed by atoms with Gasteiger partial charge in [-0.25, -0.2) is 9.78 Å². The van der Waals surface area contributed by atoms with Gasteiger partial charge in [0.1, 0.15) is 16.7 Å². The van der Waals surface area contributed by atoms with E-state index in [9.17, 15) is 23.1 Å². The van der Waals surface area contributed by atoms with Crippen molar-refractivity contribution < 1.29 is 32.2 Å². The lowest BCUT2D eigenvalue weighted by molar-refractivity contribution is -0.136. The number of halogens is 3. The zero-order valence-corrected chi connectivity index (χ0v) is 16.8. The molecule has 1 aliphatic rings. The fourth-order valence-corrected chi connectivity index (χ4v) is 3.62. The van der Waals surface area contributed by atoms with Crippen molar-refractivity contribution in [1.82, 2.24) is 9.88 Å². The maximum absolute atomic E-state index is 13.6. The highest BCUT2D eigenvalue weighted by atomic mass is 19.4. The zero-order chi connectivity index (χ0) is 21.6. The second-order valence-corrected chi connectivity index (χ2v) is 8.40. The fraction of sp³-hybridized carbons (Fsp3) is 0.600. The average molecular weight is 414 g/mol. The predicted octanol–water partition coefficient (Wildman–Crippen LogP) is 4.81. The van der Waals surface area contributed by atoms with Gasteiger partial charge < -0.3 is 14.3 Å². The highest BCUT2D eigenvalue weighted by Crippen LogP contribution is 2.37. The largest absolute Gasteiger partial charge is 0.444 e. The number of carbonyl (C=O) groups excluding carboxylic acids is 1. The van der Waals surface area contributed by atoms with Crippen LogP contribution in [0.4, 0.5) is 18.0 Å². The van der Waals surface area contributed by atoms with Gasteiger partial charge in [0.05, 0.1) is 12.1 Å². The van der Waals surface area contributed by atoms with Crippen LogP contribution in [0, 0.1) is 6.92 Å². The molecule has 9 heteroatoms. The third kappa shape index (κ3) is 4.83. The second kappa shape index (κ2) is 7.51. The Morgan fingerprint density at radius 1 is 1.31 bits per heavy atom. The summed E-state index contributed by atoms with van der Waals surface area (Å²) in [5.74, 6) is 0.123. The first-order valence-corrected chi connectivity index (χ1v) is 9.50. The first-order chi connectivity index (χ1) is 13.3. The van der Waals surface area contributed by atoms with Crippen LogP contribution in [-0.2, 0) is 17.5 Å². The molecule has 0 bridgehead atoms. The molecular weight excluding hydrogens is 389 g/mol. The molecule has 0 saturated heterocycles. The number of alkyl halides is 3. The van der Waals surface area contributed by atoms with Gasteiger partial charge in [-0.3, -0.25) is 4.90 Å². The number of carbonyl (C=O) groups is 1. The molecule has 0 aliphatic heterocycles. The van der Waals surface area contributed by atoms with E-state index >= 15 is 0 Å². The van der Waals surface area contributed by atoms with Gasteiger partial charge in [0.25, 0.3) is 0 Å². The van der Waals surface area contributed by atoms with Crippen LogP contribution in [0.3, 0.4) is 0 Å². The lowest BCUT2D eigenvalue weighted by Crippen LogP contribution is -2.46. The third-order valence-corrected chi connectivity index (χ3v) is 4.79. The molecule has 1 aromatic carbocycles. The summed E-state index contributed by atoms with van der Waals surface area (Å²) in [5.41, 5.74) is -1.74. The van der Waals surface area contributed by atoms with Crippen LogP contribution in [0.25, 0.3) is 11.1 Å². The van der Waals surface area contributed by atoms with E-state index in [1.165, 1.54) is 17.9 Å². The van der Waals surface area contributed by atoms with Crippen molar-refractivity contribution in [2.24, 2.45) is 0 Å². The Kier molecular flexibility index (Phi) is 5.55. The molecule has 3 rings (SSSR count). The summed E-state index contributed by atoms with van der Waals surface area (Å²) in [5, 5.41) is 10.3. The number of hydrogen-bond acceptors (Lipinski definition) is 5. The van der Waals surface area contributed by atoms with Crippen molar-refractivity contribution in [3.05, 3.63) is 29.2 Å². The van der Waals surface area contributed by atoms with E-state index in [0.29, 0.717) is 12.8 Å². The van der Waals surface area contributed by atoms with Gasteiger partial charge in [0.2, 0.25) is 0 Å². The SMILES string of the molecule is Cc1nc2cc(CN(C(=O)OC(C)(C)C)[C@H]3CCC[C@@H]3O)cc(C(F)(F)F)c2o1. The van der Waals surface area contributed by atoms with Crippen LogP contribution < -0.4 is 0 Å². The van der Waals surface area contributed by atoms with E-state index in [1.54, 1.807) is 20.8 Å². The molecule has 1 N–H and O–H groups in total. The van der Waals surface area contributed by atoms with Crippen molar-refractivity contribution in [2.75, 3.05) is 0 Å². The molecule has 0 radical (unpaired) electrons. The summed E-state index contributed by atoms with van der Waals surface area (Å²) in [6, 6.07) is 1.92. The minimum absolute atomic E-state index is 0.0726. The molecule has 1 aliphatic carbocycles. The topological polar surface area (TPSA) is 75.8 Å². The molecule has 1 saturated carbocycles. The number of aliphatic hydroxyl groups excluding tert-OH is 1. The molecule has 2 atom stereocenters. The van der Waals surface area contributed by atoms with Crippen LogP contribution in [0.5, 0.6) is 0 Å². The molecule has 2 aromatic rings. The van der Waals surface area contributed by atoms with E-state index in [1.807, 2.05) is 0 Å². The Balaban J connectivity index is 2.00. The lowest BCUT2D eigenvalue weighted by atomic mass is 10.1. The van der Waals surface area contributed by atoms with Gasteiger partial charge in [-0.15, -0.1) is 0 Å². The molecule has 1 heterocycles. The van der Waals surface area contributed by atoms with Crippen LogP contribution in [-0.4, -0.2) is 38.8 Å². The minimum Gasteiger partial charge on any atom is -0.444 e. The number of ether oxygens (including phenoxy) is 1.